The summed E-state index contributed by atoms with van der Waals surface area (Å²) in [7, 11) is 0. The molecule has 0 fully saturated rings. The van der Waals surface area contributed by atoms with E-state index in [0.717, 1.165) is 11.3 Å². The van der Waals surface area contributed by atoms with Gasteiger partial charge in [0.05, 0.1) is 6.61 Å². The van der Waals surface area contributed by atoms with Crippen LogP contribution in [-0.4, -0.2) is 0 Å². The monoisotopic (exact) mass is 221 g/mol. The number of rotatable bonds is 0. The average Bonchev–Trinajstić information content (AvgIpc) is 2.02. The van der Waals surface area contributed by atoms with Gasteiger partial charge in [0.2, 0.25) is 0 Å². The lowest BCUT2D eigenvalue weighted by Crippen LogP contribution is -2.04. The van der Waals surface area contributed by atoms with Crippen LogP contribution in [0.2, 0.25) is 0 Å². The van der Waals surface area contributed by atoms with E-state index in [1.165, 1.54) is 0 Å². The molecule has 0 aromatic heterocycles. The summed E-state index contributed by atoms with van der Waals surface area (Å²) in [6, 6.07) is 7.64. The number of hydrogen-bond acceptors (Lipinski definition) is 3. The molecule has 0 bridgehead atoms. The quantitative estimate of drug-likeness (QED) is 0.534. The first-order valence-corrected chi connectivity index (χ1v) is 7.09. The van der Waals surface area contributed by atoms with E-state index in [1.54, 1.807) is 0 Å². The van der Waals surface area contributed by atoms with Crippen LogP contribution in [0.3, 0.4) is 0 Å². The molecule has 0 amide bonds. The van der Waals surface area contributed by atoms with Gasteiger partial charge < -0.3 is 9.05 Å². The third-order valence-electron chi connectivity index (χ3n) is 1.56. The third-order valence-corrected chi connectivity index (χ3v) is 3.52. The Balaban J connectivity index is 2.35. The van der Waals surface area contributed by atoms with E-state index < -0.39 is 6.27 Å². The van der Waals surface area contributed by atoms with Crippen molar-refractivity contribution >= 4 is 29.8 Å². The average molecular weight is 222 g/mol. The van der Waals surface area contributed by atoms with Crippen molar-refractivity contribution in [2.75, 3.05) is 0 Å². The molecule has 1 aliphatic heterocycles. The summed E-state index contributed by atoms with van der Waals surface area (Å²) in [5.41, 5.74) is 1.02. The molecule has 2 rings (SSSR count). The van der Waals surface area contributed by atoms with Crippen molar-refractivity contribution in [1.29, 1.82) is 0 Å². The van der Waals surface area contributed by atoms with Gasteiger partial charge in [-0.1, -0.05) is 30.4 Å². The maximum absolute atomic E-state index is 5.83. The van der Waals surface area contributed by atoms with E-state index in [4.69, 9.17) is 20.3 Å². The van der Waals surface area contributed by atoms with Crippen LogP contribution in [0, 0.1) is 0 Å². The fraction of sp³-hybridized carbons (Fsp3) is 0.143. The lowest BCUT2D eigenvalue weighted by atomic mass is 10.2. The van der Waals surface area contributed by atoms with Crippen LogP contribution in [0.25, 0.3) is 0 Å². The van der Waals surface area contributed by atoms with Gasteiger partial charge in [0.1, 0.15) is 5.75 Å². The lowest BCUT2D eigenvalue weighted by Gasteiger charge is -2.29. The largest absolute Gasteiger partial charge is 0.436 e. The minimum absolute atomic E-state index is 0.483. The summed E-state index contributed by atoms with van der Waals surface area (Å²) in [5.74, 6) is 0.780. The number of fused-ring (bicyclic) bond motifs is 1. The van der Waals surface area contributed by atoms with Crippen LogP contribution in [0.15, 0.2) is 24.3 Å². The Labute approximate surface area is 81.3 Å². The van der Waals surface area contributed by atoms with Gasteiger partial charge in [-0.2, -0.15) is 0 Å². The highest BCUT2D eigenvalue weighted by atomic mass is 35.7. The molecule has 1 heterocycles. The first kappa shape index (κ1) is 8.64. The standard InChI is InChI=1S/C7H7ClO2PS/c8-11(12)9-5-6-3-1-2-4-7(6)10-11/h1-4,12H,5H2. The van der Waals surface area contributed by atoms with Gasteiger partial charge in [-0.05, 0) is 17.3 Å². The van der Waals surface area contributed by atoms with Gasteiger partial charge in [0.15, 0.2) is 0 Å². The smallest absolute Gasteiger partial charge is 0.298 e. The Morgan fingerprint density at radius 1 is 1.42 bits per heavy atom. The molecule has 0 aliphatic carbocycles. The second-order valence-corrected chi connectivity index (χ2v) is 7.39. The Hall–Kier alpha value is 0.0500. The molecule has 0 saturated heterocycles. The molecule has 0 N–H and O–H groups in total. The topological polar surface area (TPSA) is 18.5 Å². The summed E-state index contributed by atoms with van der Waals surface area (Å²) < 4.78 is 10.5. The number of thiol groups is 1. The molecule has 1 aromatic carbocycles. The predicted molar refractivity (Wildman–Crippen MR) is 53.6 cm³/mol. The van der Waals surface area contributed by atoms with Crippen molar-refractivity contribution in [3.63, 3.8) is 0 Å². The van der Waals surface area contributed by atoms with E-state index in [1.807, 2.05) is 24.3 Å². The van der Waals surface area contributed by atoms with Crippen LogP contribution in [0.5, 0.6) is 5.75 Å². The maximum atomic E-state index is 5.83. The fourth-order valence-corrected chi connectivity index (χ4v) is 2.59. The summed E-state index contributed by atoms with van der Waals surface area (Å²) in [4.78, 5) is 0. The van der Waals surface area contributed by atoms with E-state index in [0.29, 0.717) is 6.61 Å². The molecule has 65 valence electrons. The van der Waals surface area contributed by atoms with Crippen molar-refractivity contribution in [2.45, 2.75) is 6.61 Å². The second kappa shape index (κ2) is 3.08. The summed E-state index contributed by atoms with van der Waals surface area (Å²) in [5, 5.41) is 0. The highest BCUT2D eigenvalue weighted by molar-refractivity contribution is 8.58. The maximum Gasteiger partial charge on any atom is 0.298 e. The Bertz CT molecular complexity index is 305. The lowest BCUT2D eigenvalue weighted by molar-refractivity contribution is 0.284. The van der Waals surface area contributed by atoms with E-state index >= 15 is 0 Å². The van der Waals surface area contributed by atoms with Crippen molar-refractivity contribution < 1.29 is 9.05 Å². The van der Waals surface area contributed by atoms with Crippen LogP contribution < -0.4 is 4.52 Å². The predicted octanol–water partition coefficient (Wildman–Crippen LogP) is 3.44. The summed E-state index contributed by atoms with van der Waals surface area (Å²) in [6.07, 6.45) is -2.40. The Kier molecular flexibility index (Phi) is 2.21. The first-order chi connectivity index (χ1) is 5.67. The molecule has 1 aromatic rings. The molecular formula is C7H7ClO2PS. The van der Waals surface area contributed by atoms with Crippen molar-refractivity contribution in [3.05, 3.63) is 29.8 Å². The minimum Gasteiger partial charge on any atom is -0.436 e. The third kappa shape index (κ3) is 1.69. The molecule has 1 unspecified atom stereocenters. The zero-order valence-electron chi connectivity index (χ0n) is 6.11. The van der Waals surface area contributed by atoms with Crippen molar-refractivity contribution in [1.82, 2.24) is 0 Å². The fourth-order valence-electron chi connectivity index (χ4n) is 1.01. The van der Waals surface area contributed by atoms with Gasteiger partial charge in [-0.25, -0.2) is 0 Å². The normalized spacial score (nSPS) is 27.5. The molecular weight excluding hydrogens is 215 g/mol. The highest BCUT2D eigenvalue weighted by Gasteiger charge is 2.29. The molecule has 1 atom stereocenters. The highest BCUT2D eigenvalue weighted by Crippen LogP contribution is 2.72. The van der Waals surface area contributed by atoms with Crippen LogP contribution in [0.4, 0.5) is 0 Å². The van der Waals surface area contributed by atoms with E-state index in [9.17, 15) is 0 Å². The number of hydrogen-bond donors (Lipinski definition) is 1. The zero-order chi connectivity index (χ0) is 8.60. The SMILES string of the molecule is S[P]1(Cl)OCc2ccccc2O1. The van der Waals surface area contributed by atoms with E-state index in [2.05, 4.69) is 12.2 Å². The van der Waals surface area contributed by atoms with Crippen molar-refractivity contribution in [2.24, 2.45) is 0 Å². The molecule has 2 nitrogen and oxygen atoms in total. The molecule has 0 saturated carbocycles. The molecule has 1 radical (unpaired) electrons. The molecule has 0 spiro atoms. The number of halogens is 1. The number of para-hydroxylation sites is 1. The first-order valence-electron chi connectivity index (χ1n) is 3.41. The summed E-state index contributed by atoms with van der Waals surface area (Å²) in [6.45, 7) is 0.483. The van der Waals surface area contributed by atoms with Gasteiger partial charge in [0.25, 0.3) is 6.27 Å². The van der Waals surface area contributed by atoms with Gasteiger partial charge >= 0.3 is 0 Å². The van der Waals surface area contributed by atoms with Crippen LogP contribution in [-0.2, 0) is 11.1 Å². The zero-order valence-corrected chi connectivity index (χ0v) is 8.65. The number of benzene rings is 1. The van der Waals surface area contributed by atoms with Gasteiger partial charge in [-0.3, -0.25) is 0 Å². The second-order valence-electron chi connectivity index (χ2n) is 2.42. The summed E-state index contributed by atoms with van der Waals surface area (Å²) >= 11 is 9.91. The van der Waals surface area contributed by atoms with Crippen LogP contribution in [0.1, 0.15) is 5.56 Å². The van der Waals surface area contributed by atoms with Crippen molar-refractivity contribution in [3.8, 4) is 5.75 Å². The van der Waals surface area contributed by atoms with Gasteiger partial charge in [0, 0.05) is 5.56 Å². The Morgan fingerprint density at radius 3 is 3.00 bits per heavy atom. The molecule has 5 heteroatoms. The molecule has 12 heavy (non-hydrogen) atoms. The van der Waals surface area contributed by atoms with Gasteiger partial charge in [-0.15, -0.1) is 0 Å². The molecule has 1 aliphatic rings. The van der Waals surface area contributed by atoms with E-state index in [-0.39, 0.29) is 0 Å². The minimum atomic E-state index is -2.40. The van der Waals surface area contributed by atoms with Crippen LogP contribution >= 0.6 is 29.8 Å². The Morgan fingerprint density at radius 2 is 2.17 bits per heavy atom.